The van der Waals surface area contributed by atoms with Crippen molar-refractivity contribution in [3.8, 4) is 5.88 Å². The third-order valence-electron chi connectivity index (χ3n) is 2.64. The molecule has 0 fully saturated rings. The summed E-state index contributed by atoms with van der Waals surface area (Å²) in [5, 5.41) is 3.18. The maximum absolute atomic E-state index is 5.74. The van der Waals surface area contributed by atoms with Gasteiger partial charge in [-0.2, -0.15) is 4.98 Å². The lowest BCUT2D eigenvalue weighted by molar-refractivity contribution is 0.127. The average Bonchev–Trinajstić information content (AvgIpc) is 2.35. The molecule has 0 aromatic carbocycles. The van der Waals surface area contributed by atoms with Crippen LogP contribution in [0, 0.1) is 5.41 Å². The second kappa shape index (κ2) is 8.04. The van der Waals surface area contributed by atoms with Gasteiger partial charge in [0.1, 0.15) is 12.4 Å². The van der Waals surface area contributed by atoms with Gasteiger partial charge in [0.2, 0.25) is 5.88 Å². The number of aromatic nitrogens is 2. The van der Waals surface area contributed by atoms with E-state index in [2.05, 4.69) is 36.1 Å². The Morgan fingerprint density at radius 3 is 2.55 bits per heavy atom. The summed E-state index contributed by atoms with van der Waals surface area (Å²) in [6.07, 6.45) is 0.980. The van der Waals surface area contributed by atoms with Crippen molar-refractivity contribution in [3.05, 3.63) is 11.9 Å². The van der Waals surface area contributed by atoms with Gasteiger partial charge in [0.05, 0.1) is 6.61 Å². The van der Waals surface area contributed by atoms with E-state index in [1.54, 1.807) is 0 Å². The van der Waals surface area contributed by atoms with Gasteiger partial charge in [0.15, 0.2) is 5.82 Å². The summed E-state index contributed by atoms with van der Waals surface area (Å²) < 4.78 is 11.1. The molecule has 1 aromatic heterocycles. The molecule has 0 aliphatic heterocycles. The van der Waals surface area contributed by atoms with Gasteiger partial charge in [0.25, 0.3) is 0 Å². The minimum Gasteiger partial charge on any atom is -0.478 e. The molecule has 0 spiro atoms. The molecule has 0 unspecified atom stereocenters. The van der Waals surface area contributed by atoms with E-state index in [1.165, 1.54) is 0 Å². The van der Waals surface area contributed by atoms with Crippen molar-refractivity contribution in [1.29, 1.82) is 0 Å². The van der Waals surface area contributed by atoms with Crippen LogP contribution in [0.4, 0.5) is 5.82 Å². The Bertz CT molecular complexity index is 403. The molecule has 1 heterocycles. The molecule has 0 saturated carbocycles. The van der Waals surface area contributed by atoms with Crippen molar-refractivity contribution >= 4 is 5.82 Å². The fraction of sp³-hybridized carbons (Fsp3) is 0.733. The third-order valence-corrected chi connectivity index (χ3v) is 2.64. The topological polar surface area (TPSA) is 56.3 Å². The van der Waals surface area contributed by atoms with Gasteiger partial charge in [-0.3, -0.25) is 0 Å². The Morgan fingerprint density at radius 2 is 1.95 bits per heavy atom. The molecule has 20 heavy (non-hydrogen) atoms. The van der Waals surface area contributed by atoms with E-state index in [4.69, 9.17) is 9.47 Å². The van der Waals surface area contributed by atoms with E-state index in [0.29, 0.717) is 31.5 Å². The van der Waals surface area contributed by atoms with Gasteiger partial charge in [-0.15, -0.1) is 0 Å². The molecule has 114 valence electrons. The number of nitrogens with zero attached hydrogens (tertiary/aromatic N) is 2. The van der Waals surface area contributed by atoms with Crippen molar-refractivity contribution in [3.63, 3.8) is 0 Å². The monoisotopic (exact) mass is 281 g/mol. The molecule has 0 bridgehead atoms. The Labute approximate surface area is 122 Å². The van der Waals surface area contributed by atoms with Crippen LogP contribution in [0.3, 0.4) is 0 Å². The van der Waals surface area contributed by atoms with E-state index in [9.17, 15) is 0 Å². The molecule has 0 radical (unpaired) electrons. The first-order chi connectivity index (χ1) is 9.44. The summed E-state index contributed by atoms with van der Waals surface area (Å²) in [4.78, 5) is 8.76. The zero-order valence-corrected chi connectivity index (χ0v) is 13.3. The fourth-order valence-electron chi connectivity index (χ4n) is 1.54. The Hall–Kier alpha value is -1.36. The summed E-state index contributed by atoms with van der Waals surface area (Å²) in [5.74, 6) is 2.04. The summed E-state index contributed by atoms with van der Waals surface area (Å²) in [6, 6.07) is 1.83. The van der Waals surface area contributed by atoms with Gasteiger partial charge in [-0.05, 0) is 25.7 Å². The van der Waals surface area contributed by atoms with Crippen LogP contribution in [0.2, 0.25) is 0 Å². The summed E-state index contributed by atoms with van der Waals surface area (Å²) >= 11 is 0. The maximum atomic E-state index is 5.74. The highest BCUT2D eigenvalue weighted by Gasteiger charge is 2.11. The highest BCUT2D eigenvalue weighted by atomic mass is 16.5. The molecule has 0 amide bonds. The number of rotatable bonds is 8. The summed E-state index contributed by atoms with van der Waals surface area (Å²) in [7, 11) is 0. The van der Waals surface area contributed by atoms with E-state index in [1.807, 2.05) is 19.9 Å². The average molecular weight is 281 g/mol. The van der Waals surface area contributed by atoms with Crippen LogP contribution < -0.4 is 10.1 Å². The van der Waals surface area contributed by atoms with Crippen molar-refractivity contribution in [2.24, 2.45) is 5.41 Å². The highest BCUT2D eigenvalue weighted by Crippen LogP contribution is 2.20. The van der Waals surface area contributed by atoms with Crippen molar-refractivity contribution < 1.29 is 9.47 Å². The van der Waals surface area contributed by atoms with Crippen LogP contribution >= 0.6 is 0 Å². The Morgan fingerprint density at radius 1 is 1.20 bits per heavy atom. The van der Waals surface area contributed by atoms with Crippen molar-refractivity contribution in [2.45, 2.75) is 47.6 Å². The largest absolute Gasteiger partial charge is 0.478 e. The number of ether oxygens (including phenoxy) is 2. The van der Waals surface area contributed by atoms with Gasteiger partial charge < -0.3 is 14.8 Å². The standard InChI is InChI=1S/C15H27N3O2/c1-6-16-12-10-14(20-9-8-15(3,4)5)18-13(17-12)11-19-7-2/h10H,6-9,11H2,1-5H3,(H,16,17,18). The van der Waals surface area contributed by atoms with E-state index >= 15 is 0 Å². The fourth-order valence-corrected chi connectivity index (χ4v) is 1.54. The van der Waals surface area contributed by atoms with Gasteiger partial charge in [-0.25, -0.2) is 4.98 Å². The molecule has 5 heteroatoms. The molecule has 1 aromatic rings. The molecule has 0 aliphatic rings. The quantitative estimate of drug-likeness (QED) is 0.792. The first-order valence-corrected chi connectivity index (χ1v) is 7.27. The second-order valence-corrected chi connectivity index (χ2v) is 5.83. The number of hydrogen-bond donors (Lipinski definition) is 1. The Balaban J connectivity index is 2.69. The smallest absolute Gasteiger partial charge is 0.218 e. The number of anilines is 1. The molecular weight excluding hydrogens is 254 g/mol. The summed E-state index contributed by atoms with van der Waals surface area (Å²) in [5.41, 5.74) is 0.256. The SMILES string of the molecule is CCNc1cc(OCCC(C)(C)C)nc(COCC)n1. The zero-order valence-electron chi connectivity index (χ0n) is 13.3. The van der Waals surface area contributed by atoms with E-state index in [0.717, 1.165) is 18.8 Å². The van der Waals surface area contributed by atoms with Gasteiger partial charge in [0, 0.05) is 19.2 Å². The Kier molecular flexibility index (Phi) is 6.71. The van der Waals surface area contributed by atoms with Crippen molar-refractivity contribution in [1.82, 2.24) is 9.97 Å². The van der Waals surface area contributed by atoms with Crippen molar-refractivity contribution in [2.75, 3.05) is 25.1 Å². The van der Waals surface area contributed by atoms with Crippen LogP contribution in [0.5, 0.6) is 5.88 Å². The summed E-state index contributed by atoms with van der Waals surface area (Å²) in [6.45, 7) is 13.1. The molecule has 5 nitrogen and oxygen atoms in total. The predicted molar refractivity (Wildman–Crippen MR) is 81.1 cm³/mol. The molecular formula is C15H27N3O2. The predicted octanol–water partition coefficient (Wildman–Crippen LogP) is 3.26. The minimum atomic E-state index is 0.256. The first kappa shape index (κ1) is 16.7. The zero-order chi connectivity index (χ0) is 15.0. The number of nitrogens with one attached hydrogen (secondary N) is 1. The molecule has 1 N–H and O–H groups in total. The lowest BCUT2D eigenvalue weighted by Crippen LogP contribution is -2.13. The minimum absolute atomic E-state index is 0.256. The van der Waals surface area contributed by atoms with E-state index < -0.39 is 0 Å². The van der Waals surface area contributed by atoms with Gasteiger partial charge >= 0.3 is 0 Å². The van der Waals surface area contributed by atoms with Crippen LogP contribution in [-0.2, 0) is 11.3 Å². The third kappa shape index (κ3) is 6.70. The molecule has 1 rings (SSSR count). The normalized spacial score (nSPS) is 11.4. The number of hydrogen-bond acceptors (Lipinski definition) is 5. The van der Waals surface area contributed by atoms with Crippen LogP contribution in [0.15, 0.2) is 6.07 Å². The molecule has 0 atom stereocenters. The van der Waals surface area contributed by atoms with E-state index in [-0.39, 0.29) is 5.41 Å². The highest BCUT2D eigenvalue weighted by molar-refractivity contribution is 5.38. The lowest BCUT2D eigenvalue weighted by Gasteiger charge is -2.18. The van der Waals surface area contributed by atoms with Crippen LogP contribution in [0.1, 0.15) is 46.9 Å². The maximum Gasteiger partial charge on any atom is 0.218 e. The molecule has 0 saturated heterocycles. The second-order valence-electron chi connectivity index (χ2n) is 5.83. The molecule has 0 aliphatic carbocycles. The van der Waals surface area contributed by atoms with Crippen LogP contribution in [0.25, 0.3) is 0 Å². The van der Waals surface area contributed by atoms with Crippen LogP contribution in [-0.4, -0.2) is 29.7 Å². The van der Waals surface area contributed by atoms with Gasteiger partial charge in [-0.1, -0.05) is 20.8 Å². The first-order valence-electron chi connectivity index (χ1n) is 7.27. The lowest BCUT2D eigenvalue weighted by atomic mass is 9.93.